The summed E-state index contributed by atoms with van der Waals surface area (Å²) in [5.41, 5.74) is 2.02. The second-order valence-corrected chi connectivity index (χ2v) is 6.07. The van der Waals surface area contributed by atoms with Crippen LogP contribution in [0.15, 0.2) is 18.2 Å². The molecule has 3 unspecified atom stereocenters. The maximum Gasteiger partial charge on any atom is 0.124 e. The van der Waals surface area contributed by atoms with Gasteiger partial charge in [0.25, 0.3) is 0 Å². The third kappa shape index (κ3) is 4.43. The Morgan fingerprint density at radius 1 is 1.33 bits per heavy atom. The summed E-state index contributed by atoms with van der Waals surface area (Å²) in [5.74, 6) is 0.761. The number of aryl methyl sites for hydroxylation is 1. The first-order valence-corrected chi connectivity index (χ1v) is 7.70. The van der Waals surface area contributed by atoms with Crippen LogP contribution in [-0.4, -0.2) is 49.0 Å². The Morgan fingerprint density at radius 2 is 2.00 bits per heavy atom. The highest BCUT2D eigenvalue weighted by Crippen LogP contribution is 2.28. The van der Waals surface area contributed by atoms with E-state index in [0.29, 0.717) is 6.42 Å². The molecule has 0 spiro atoms. The van der Waals surface area contributed by atoms with Crippen molar-refractivity contribution in [2.45, 2.75) is 45.5 Å². The standard InChI is InChI=1S/C17H27NO3/c1-12-5-6-17(20-4)15(9-12)16(19)7-8-18-10-13(2)21-14(3)11-18/h5-6,9,13-14,16,19H,7-8,10-11H2,1-4H3. The van der Waals surface area contributed by atoms with Gasteiger partial charge in [-0.3, -0.25) is 4.90 Å². The lowest BCUT2D eigenvalue weighted by atomic mass is 10.0. The van der Waals surface area contributed by atoms with E-state index in [-0.39, 0.29) is 12.2 Å². The third-order valence-electron chi connectivity index (χ3n) is 3.96. The lowest BCUT2D eigenvalue weighted by Crippen LogP contribution is -2.45. The van der Waals surface area contributed by atoms with Crippen LogP contribution in [0.2, 0.25) is 0 Å². The summed E-state index contributed by atoms with van der Waals surface area (Å²) in [4.78, 5) is 2.37. The number of hydrogen-bond acceptors (Lipinski definition) is 4. The Kier molecular flexibility index (Phi) is 5.62. The van der Waals surface area contributed by atoms with E-state index >= 15 is 0 Å². The summed E-state index contributed by atoms with van der Waals surface area (Å²) in [6.07, 6.45) is 0.742. The Labute approximate surface area is 127 Å². The molecule has 118 valence electrons. The van der Waals surface area contributed by atoms with Gasteiger partial charge in [0, 0.05) is 25.2 Å². The molecular formula is C17H27NO3. The van der Waals surface area contributed by atoms with Crippen LogP contribution in [0.5, 0.6) is 5.75 Å². The van der Waals surface area contributed by atoms with Gasteiger partial charge in [-0.05, 0) is 39.3 Å². The molecule has 0 radical (unpaired) electrons. The first-order valence-electron chi connectivity index (χ1n) is 7.70. The van der Waals surface area contributed by atoms with Gasteiger partial charge in [0.15, 0.2) is 0 Å². The fourth-order valence-corrected chi connectivity index (χ4v) is 3.04. The van der Waals surface area contributed by atoms with E-state index in [0.717, 1.165) is 36.5 Å². The van der Waals surface area contributed by atoms with Crippen LogP contribution in [0, 0.1) is 6.92 Å². The van der Waals surface area contributed by atoms with E-state index in [2.05, 4.69) is 18.7 Å². The van der Waals surface area contributed by atoms with Gasteiger partial charge in [-0.2, -0.15) is 0 Å². The van der Waals surface area contributed by atoms with Crippen molar-refractivity contribution >= 4 is 0 Å². The number of nitrogens with zero attached hydrogens (tertiary/aromatic N) is 1. The Morgan fingerprint density at radius 3 is 2.62 bits per heavy atom. The van der Waals surface area contributed by atoms with Crippen LogP contribution in [0.25, 0.3) is 0 Å². The molecule has 1 N–H and O–H groups in total. The molecule has 1 aliphatic rings. The van der Waals surface area contributed by atoms with Gasteiger partial charge in [-0.1, -0.05) is 11.6 Å². The second-order valence-electron chi connectivity index (χ2n) is 6.07. The molecule has 0 aliphatic carbocycles. The Bertz CT molecular complexity index is 453. The number of morpholine rings is 1. The first-order chi connectivity index (χ1) is 9.99. The molecule has 4 heteroatoms. The maximum absolute atomic E-state index is 10.5. The van der Waals surface area contributed by atoms with E-state index in [1.54, 1.807) is 7.11 Å². The van der Waals surface area contributed by atoms with Crippen LogP contribution in [0.4, 0.5) is 0 Å². The second kappa shape index (κ2) is 7.25. The zero-order valence-corrected chi connectivity index (χ0v) is 13.5. The summed E-state index contributed by atoms with van der Waals surface area (Å²) in [6.45, 7) is 8.96. The normalized spacial score (nSPS) is 24.8. The minimum absolute atomic E-state index is 0.263. The van der Waals surface area contributed by atoms with Crippen LogP contribution in [-0.2, 0) is 4.74 Å². The molecule has 1 heterocycles. The minimum Gasteiger partial charge on any atom is -0.496 e. The molecule has 1 fully saturated rings. The summed E-state index contributed by atoms with van der Waals surface area (Å²) >= 11 is 0. The van der Waals surface area contributed by atoms with E-state index in [9.17, 15) is 5.11 Å². The molecule has 0 bridgehead atoms. The van der Waals surface area contributed by atoms with Crippen molar-refractivity contribution in [3.63, 3.8) is 0 Å². The van der Waals surface area contributed by atoms with E-state index in [1.807, 2.05) is 25.1 Å². The van der Waals surface area contributed by atoms with Gasteiger partial charge >= 0.3 is 0 Å². The smallest absolute Gasteiger partial charge is 0.124 e. The van der Waals surface area contributed by atoms with E-state index in [4.69, 9.17) is 9.47 Å². The number of ether oxygens (including phenoxy) is 2. The lowest BCUT2D eigenvalue weighted by molar-refractivity contribution is -0.0703. The third-order valence-corrected chi connectivity index (χ3v) is 3.96. The largest absolute Gasteiger partial charge is 0.496 e. The molecule has 0 amide bonds. The zero-order valence-electron chi connectivity index (χ0n) is 13.5. The maximum atomic E-state index is 10.5. The average Bonchev–Trinajstić information content (AvgIpc) is 2.43. The topological polar surface area (TPSA) is 41.9 Å². The van der Waals surface area contributed by atoms with E-state index in [1.165, 1.54) is 0 Å². The fourth-order valence-electron chi connectivity index (χ4n) is 3.04. The van der Waals surface area contributed by atoms with Crippen molar-refractivity contribution in [1.82, 2.24) is 4.90 Å². The number of rotatable bonds is 5. The first kappa shape index (κ1) is 16.3. The highest BCUT2D eigenvalue weighted by atomic mass is 16.5. The molecule has 1 saturated heterocycles. The van der Waals surface area contributed by atoms with Gasteiger partial charge in [0.05, 0.1) is 25.4 Å². The predicted octanol–water partition coefficient (Wildman–Crippen LogP) is 2.54. The van der Waals surface area contributed by atoms with Crippen LogP contribution < -0.4 is 4.74 Å². The van der Waals surface area contributed by atoms with Crippen molar-refractivity contribution < 1.29 is 14.6 Å². The Balaban J connectivity index is 1.95. The minimum atomic E-state index is -0.492. The molecular weight excluding hydrogens is 266 g/mol. The zero-order chi connectivity index (χ0) is 15.4. The highest BCUT2D eigenvalue weighted by Gasteiger charge is 2.23. The van der Waals surface area contributed by atoms with Crippen molar-refractivity contribution in [1.29, 1.82) is 0 Å². The van der Waals surface area contributed by atoms with Crippen LogP contribution in [0.1, 0.15) is 37.5 Å². The summed E-state index contributed by atoms with van der Waals surface area (Å²) in [6, 6.07) is 5.93. The van der Waals surface area contributed by atoms with Crippen molar-refractivity contribution in [2.75, 3.05) is 26.7 Å². The summed E-state index contributed by atoms with van der Waals surface area (Å²) in [5, 5.41) is 10.5. The monoisotopic (exact) mass is 293 g/mol. The van der Waals surface area contributed by atoms with Gasteiger partial charge < -0.3 is 14.6 Å². The molecule has 3 atom stereocenters. The summed E-state index contributed by atoms with van der Waals surface area (Å²) in [7, 11) is 1.65. The lowest BCUT2D eigenvalue weighted by Gasteiger charge is -2.35. The number of benzene rings is 1. The van der Waals surface area contributed by atoms with Gasteiger partial charge in [-0.25, -0.2) is 0 Å². The summed E-state index contributed by atoms with van der Waals surface area (Å²) < 4.78 is 11.1. The molecule has 1 aromatic rings. The molecule has 0 saturated carbocycles. The van der Waals surface area contributed by atoms with Gasteiger partial charge in [-0.15, -0.1) is 0 Å². The van der Waals surface area contributed by atoms with Gasteiger partial charge in [0.2, 0.25) is 0 Å². The number of hydrogen-bond donors (Lipinski definition) is 1. The molecule has 1 aliphatic heterocycles. The Hall–Kier alpha value is -1.10. The number of aliphatic hydroxyl groups is 1. The number of aliphatic hydroxyl groups excluding tert-OH is 1. The van der Waals surface area contributed by atoms with E-state index < -0.39 is 6.10 Å². The molecule has 2 rings (SSSR count). The quantitative estimate of drug-likeness (QED) is 0.906. The SMILES string of the molecule is COc1ccc(C)cc1C(O)CCN1CC(C)OC(C)C1. The predicted molar refractivity (Wildman–Crippen MR) is 83.8 cm³/mol. The van der Waals surface area contributed by atoms with Gasteiger partial charge in [0.1, 0.15) is 5.75 Å². The van der Waals surface area contributed by atoms with Crippen LogP contribution in [0.3, 0.4) is 0 Å². The van der Waals surface area contributed by atoms with Crippen molar-refractivity contribution in [2.24, 2.45) is 0 Å². The molecule has 0 aromatic heterocycles. The number of methoxy groups -OCH3 is 1. The fraction of sp³-hybridized carbons (Fsp3) is 0.647. The average molecular weight is 293 g/mol. The molecule has 1 aromatic carbocycles. The van der Waals surface area contributed by atoms with Crippen molar-refractivity contribution in [3.05, 3.63) is 29.3 Å². The molecule has 4 nitrogen and oxygen atoms in total. The molecule has 21 heavy (non-hydrogen) atoms. The van der Waals surface area contributed by atoms with Crippen LogP contribution >= 0.6 is 0 Å². The van der Waals surface area contributed by atoms with Crippen molar-refractivity contribution in [3.8, 4) is 5.75 Å². The highest BCUT2D eigenvalue weighted by molar-refractivity contribution is 5.38.